The summed E-state index contributed by atoms with van der Waals surface area (Å²) < 4.78 is 6.02. The number of fused-ring (bicyclic) bond motifs is 3. The molecule has 2 N–H and O–H groups in total. The molecule has 0 spiro atoms. The highest BCUT2D eigenvalue weighted by molar-refractivity contribution is 5.92. The highest BCUT2D eigenvalue weighted by Gasteiger charge is 2.46. The first-order valence-electron chi connectivity index (χ1n) is 11.2. The molecular formula is C26H28N4O2. The molecule has 4 heterocycles. The first kappa shape index (κ1) is 20.5. The molecule has 2 unspecified atom stereocenters. The van der Waals surface area contributed by atoms with Crippen LogP contribution in [0.25, 0.3) is 0 Å². The first-order chi connectivity index (χ1) is 15.7. The second-order valence-electron chi connectivity index (χ2n) is 8.62. The molecule has 0 saturated carbocycles. The maximum absolute atomic E-state index is 12.8. The third-order valence-electron chi connectivity index (χ3n) is 6.70. The van der Waals surface area contributed by atoms with E-state index < -0.39 is 6.03 Å². The number of nitrogens with two attached hydrogens (primary N) is 1. The minimum atomic E-state index is -0.420. The topological polar surface area (TPSA) is 71.7 Å². The number of hydrogen-bond acceptors (Lipinski definition) is 4. The van der Waals surface area contributed by atoms with Crippen LogP contribution < -0.4 is 15.4 Å². The molecule has 32 heavy (non-hydrogen) atoms. The molecular weight excluding hydrogens is 400 g/mol. The van der Waals surface area contributed by atoms with Crippen LogP contribution >= 0.6 is 0 Å². The molecule has 6 heteroatoms. The highest BCUT2D eigenvalue weighted by Crippen LogP contribution is 2.39. The molecule has 2 atom stereocenters. The van der Waals surface area contributed by atoms with Gasteiger partial charge < -0.3 is 10.5 Å². The molecule has 0 radical (unpaired) electrons. The maximum Gasteiger partial charge on any atom is 0.319 e. The molecule has 2 aromatic carbocycles. The number of para-hydroxylation sites is 1. The first-order valence-corrected chi connectivity index (χ1v) is 11.2. The van der Waals surface area contributed by atoms with Gasteiger partial charge in [-0.05, 0) is 74.2 Å². The molecule has 3 aromatic rings. The van der Waals surface area contributed by atoms with E-state index in [0.717, 1.165) is 43.8 Å². The second kappa shape index (κ2) is 9.01. The minimum absolute atomic E-state index is 0.0159. The van der Waals surface area contributed by atoms with E-state index >= 15 is 0 Å². The molecule has 0 aliphatic carbocycles. The smallest absolute Gasteiger partial charge is 0.319 e. The van der Waals surface area contributed by atoms with Gasteiger partial charge in [-0.25, -0.2) is 4.79 Å². The molecule has 1 aromatic heterocycles. The van der Waals surface area contributed by atoms with Crippen LogP contribution in [0.5, 0.6) is 11.5 Å². The fourth-order valence-electron chi connectivity index (χ4n) is 5.28. The monoisotopic (exact) mass is 428 g/mol. The third kappa shape index (κ3) is 4.18. The van der Waals surface area contributed by atoms with Gasteiger partial charge in [0.15, 0.2) is 0 Å². The predicted octanol–water partition coefficient (Wildman–Crippen LogP) is 4.46. The molecule has 2 amide bonds. The summed E-state index contributed by atoms with van der Waals surface area (Å²) in [5.41, 5.74) is 7.96. The van der Waals surface area contributed by atoms with Gasteiger partial charge in [-0.3, -0.25) is 14.8 Å². The van der Waals surface area contributed by atoms with Gasteiger partial charge in [0, 0.05) is 30.2 Å². The van der Waals surface area contributed by atoms with E-state index in [-0.39, 0.29) is 12.1 Å². The number of aromatic nitrogens is 1. The zero-order chi connectivity index (χ0) is 21.9. The van der Waals surface area contributed by atoms with Gasteiger partial charge in [0.25, 0.3) is 0 Å². The Kier molecular flexibility index (Phi) is 5.77. The number of nitrogens with zero attached hydrogens (tertiary/aromatic N) is 3. The lowest BCUT2D eigenvalue weighted by Gasteiger charge is -2.54. The number of pyridine rings is 1. The molecule has 164 valence electrons. The number of amides is 2. The van der Waals surface area contributed by atoms with E-state index in [1.165, 1.54) is 5.56 Å². The normalized spacial score (nSPS) is 24.1. The van der Waals surface area contributed by atoms with Crippen LogP contribution in [0.1, 0.15) is 18.4 Å². The molecule has 3 aliphatic rings. The second-order valence-corrected chi connectivity index (χ2v) is 8.62. The van der Waals surface area contributed by atoms with Crippen molar-refractivity contribution in [2.24, 2.45) is 11.7 Å². The lowest BCUT2D eigenvalue weighted by Crippen LogP contribution is -2.66. The number of rotatable bonds is 6. The van der Waals surface area contributed by atoms with Crippen LogP contribution in [0, 0.1) is 5.92 Å². The average molecular weight is 429 g/mol. The Morgan fingerprint density at radius 1 is 1.03 bits per heavy atom. The number of carbonyl (C=O) groups is 1. The molecule has 2 bridgehead atoms. The van der Waals surface area contributed by atoms with Gasteiger partial charge >= 0.3 is 6.03 Å². The Morgan fingerprint density at radius 3 is 2.53 bits per heavy atom. The zero-order valence-electron chi connectivity index (χ0n) is 18.0. The van der Waals surface area contributed by atoms with Crippen molar-refractivity contribution in [3.63, 3.8) is 0 Å². The van der Waals surface area contributed by atoms with Crippen molar-refractivity contribution >= 4 is 11.7 Å². The summed E-state index contributed by atoms with van der Waals surface area (Å²) in [7, 11) is 0. The van der Waals surface area contributed by atoms with Crippen molar-refractivity contribution in [3.05, 3.63) is 84.7 Å². The number of carbonyl (C=O) groups excluding carboxylic acids is 1. The Hall–Kier alpha value is -3.38. The summed E-state index contributed by atoms with van der Waals surface area (Å²) in [5.74, 6) is 1.87. The van der Waals surface area contributed by atoms with Gasteiger partial charge in [0.1, 0.15) is 11.5 Å². The summed E-state index contributed by atoms with van der Waals surface area (Å²) in [6.07, 6.45) is 6.72. The van der Waals surface area contributed by atoms with Gasteiger partial charge in [-0.1, -0.05) is 30.3 Å². The lowest BCUT2D eigenvalue weighted by atomic mass is 9.76. The van der Waals surface area contributed by atoms with Crippen LogP contribution in [0.2, 0.25) is 0 Å². The van der Waals surface area contributed by atoms with E-state index in [1.54, 1.807) is 11.1 Å². The molecule has 6 nitrogen and oxygen atoms in total. The van der Waals surface area contributed by atoms with Crippen LogP contribution in [0.15, 0.2) is 79.1 Å². The Bertz CT molecular complexity index is 1050. The Labute approximate surface area is 188 Å². The SMILES string of the molecule is NC(=O)N(c1cccc(Oc2ccccc2)c1)C1C2CCN(CC2)C1Cc1cccnc1. The third-order valence-corrected chi connectivity index (χ3v) is 6.70. The van der Waals surface area contributed by atoms with Crippen LogP contribution in [0.4, 0.5) is 10.5 Å². The lowest BCUT2D eigenvalue weighted by molar-refractivity contribution is 0.0279. The largest absolute Gasteiger partial charge is 0.457 e. The zero-order valence-corrected chi connectivity index (χ0v) is 18.0. The molecule has 6 rings (SSSR count). The number of piperidine rings is 3. The number of ether oxygens (including phenoxy) is 1. The Morgan fingerprint density at radius 2 is 1.81 bits per heavy atom. The van der Waals surface area contributed by atoms with E-state index in [4.69, 9.17) is 10.5 Å². The van der Waals surface area contributed by atoms with Crippen LogP contribution in [0.3, 0.4) is 0 Å². The van der Waals surface area contributed by atoms with Gasteiger partial charge in [0.05, 0.1) is 6.04 Å². The highest BCUT2D eigenvalue weighted by atomic mass is 16.5. The van der Waals surface area contributed by atoms with E-state index in [9.17, 15) is 4.79 Å². The minimum Gasteiger partial charge on any atom is -0.457 e. The van der Waals surface area contributed by atoms with E-state index in [1.807, 2.05) is 66.9 Å². The van der Waals surface area contributed by atoms with E-state index in [0.29, 0.717) is 11.7 Å². The fourth-order valence-corrected chi connectivity index (χ4v) is 5.28. The average Bonchev–Trinajstić information content (AvgIpc) is 2.82. The maximum atomic E-state index is 12.8. The standard InChI is InChI=1S/C26H28N4O2/c27-26(31)30(21-7-4-10-23(17-21)32-22-8-2-1-3-9-22)25-20-11-14-29(15-12-20)24(25)16-19-6-5-13-28-18-19/h1-10,13,17-18,20,24-25H,11-12,14-16H2,(H2,27,31). The summed E-state index contributed by atoms with van der Waals surface area (Å²) in [5, 5.41) is 0. The number of urea groups is 1. The molecule has 3 saturated heterocycles. The molecule has 3 fully saturated rings. The van der Waals surface area contributed by atoms with Gasteiger partial charge in [-0.2, -0.15) is 0 Å². The summed E-state index contributed by atoms with van der Waals surface area (Å²) in [6.45, 7) is 2.13. The van der Waals surface area contributed by atoms with Crippen molar-refractivity contribution in [1.29, 1.82) is 0 Å². The fraction of sp³-hybridized carbons (Fsp3) is 0.308. The number of anilines is 1. The summed E-state index contributed by atoms with van der Waals surface area (Å²) in [6, 6.07) is 21.2. The van der Waals surface area contributed by atoms with Crippen molar-refractivity contribution in [3.8, 4) is 11.5 Å². The van der Waals surface area contributed by atoms with Gasteiger partial charge in [0.2, 0.25) is 0 Å². The van der Waals surface area contributed by atoms with Crippen molar-refractivity contribution in [2.75, 3.05) is 18.0 Å². The van der Waals surface area contributed by atoms with Crippen LogP contribution in [-0.2, 0) is 6.42 Å². The molecule has 3 aliphatic heterocycles. The number of hydrogen-bond donors (Lipinski definition) is 1. The summed E-state index contributed by atoms with van der Waals surface area (Å²) >= 11 is 0. The quantitative estimate of drug-likeness (QED) is 0.629. The van der Waals surface area contributed by atoms with Gasteiger partial charge in [-0.15, -0.1) is 0 Å². The van der Waals surface area contributed by atoms with Crippen molar-refractivity contribution in [1.82, 2.24) is 9.88 Å². The number of primary amides is 1. The number of benzene rings is 2. The summed E-state index contributed by atoms with van der Waals surface area (Å²) in [4.78, 5) is 21.4. The van der Waals surface area contributed by atoms with Crippen molar-refractivity contribution in [2.45, 2.75) is 31.3 Å². The van der Waals surface area contributed by atoms with E-state index in [2.05, 4.69) is 16.0 Å². The predicted molar refractivity (Wildman–Crippen MR) is 125 cm³/mol. The van der Waals surface area contributed by atoms with Crippen LogP contribution in [-0.4, -0.2) is 41.1 Å². The van der Waals surface area contributed by atoms with Crippen molar-refractivity contribution < 1.29 is 9.53 Å². The Balaban J connectivity index is 1.47.